The van der Waals surface area contributed by atoms with Gasteiger partial charge in [0.25, 0.3) is 0 Å². The standard InChI is InChI=1S/C11H15NO2.ClH/c12-10(5-7-1-2-7)9-4-3-8(13)6-11(9)14;/h3-4,6-7,10,13-14H,1-2,5,12H2;1H/t10-;/m0./s1. The van der Waals surface area contributed by atoms with Crippen LogP contribution in [0.2, 0.25) is 0 Å². The number of hydrogen-bond acceptors (Lipinski definition) is 3. The summed E-state index contributed by atoms with van der Waals surface area (Å²) >= 11 is 0. The minimum absolute atomic E-state index is 0. The molecule has 84 valence electrons. The fraction of sp³-hybridized carbons (Fsp3) is 0.455. The van der Waals surface area contributed by atoms with Gasteiger partial charge in [-0.1, -0.05) is 18.9 Å². The van der Waals surface area contributed by atoms with Crippen LogP contribution in [0, 0.1) is 5.92 Å². The van der Waals surface area contributed by atoms with Crippen molar-refractivity contribution in [3.05, 3.63) is 23.8 Å². The Balaban J connectivity index is 0.00000112. The molecule has 0 bridgehead atoms. The highest BCUT2D eigenvalue weighted by molar-refractivity contribution is 5.85. The van der Waals surface area contributed by atoms with Crippen LogP contribution < -0.4 is 5.73 Å². The molecule has 3 nitrogen and oxygen atoms in total. The summed E-state index contributed by atoms with van der Waals surface area (Å²) in [5, 5.41) is 18.7. The van der Waals surface area contributed by atoms with E-state index in [2.05, 4.69) is 0 Å². The van der Waals surface area contributed by atoms with Gasteiger partial charge in [0, 0.05) is 17.7 Å². The van der Waals surface area contributed by atoms with Gasteiger partial charge in [0.1, 0.15) is 11.5 Å². The Morgan fingerprint density at radius 1 is 1.33 bits per heavy atom. The first-order valence-corrected chi connectivity index (χ1v) is 4.94. The third kappa shape index (κ3) is 3.01. The number of rotatable bonds is 3. The fourth-order valence-electron chi connectivity index (χ4n) is 1.69. The Hall–Kier alpha value is -0.930. The van der Waals surface area contributed by atoms with E-state index in [1.54, 1.807) is 12.1 Å². The minimum Gasteiger partial charge on any atom is -0.508 e. The molecule has 0 aliphatic heterocycles. The molecule has 4 heteroatoms. The first kappa shape index (κ1) is 12.1. The molecule has 2 rings (SSSR count). The summed E-state index contributed by atoms with van der Waals surface area (Å²) in [7, 11) is 0. The number of aromatic hydroxyl groups is 2. The lowest BCUT2D eigenvalue weighted by Crippen LogP contribution is -2.10. The Morgan fingerprint density at radius 3 is 2.53 bits per heavy atom. The zero-order valence-electron chi connectivity index (χ0n) is 8.39. The summed E-state index contributed by atoms with van der Waals surface area (Å²) in [6, 6.07) is 4.48. The zero-order chi connectivity index (χ0) is 10.1. The van der Waals surface area contributed by atoms with Gasteiger partial charge in [-0.15, -0.1) is 12.4 Å². The number of phenolic OH excluding ortho intramolecular Hbond substituents is 2. The monoisotopic (exact) mass is 229 g/mol. The Morgan fingerprint density at radius 2 is 2.00 bits per heavy atom. The van der Waals surface area contributed by atoms with Crippen molar-refractivity contribution >= 4 is 12.4 Å². The summed E-state index contributed by atoms with van der Waals surface area (Å²) in [6.07, 6.45) is 3.44. The van der Waals surface area contributed by atoms with Crippen molar-refractivity contribution in [2.24, 2.45) is 11.7 Å². The van der Waals surface area contributed by atoms with E-state index in [0.717, 1.165) is 17.9 Å². The highest BCUT2D eigenvalue weighted by atomic mass is 35.5. The third-order valence-corrected chi connectivity index (χ3v) is 2.70. The van der Waals surface area contributed by atoms with Gasteiger partial charge >= 0.3 is 0 Å². The van der Waals surface area contributed by atoms with Crippen molar-refractivity contribution < 1.29 is 10.2 Å². The van der Waals surface area contributed by atoms with E-state index in [0.29, 0.717) is 0 Å². The molecule has 0 spiro atoms. The van der Waals surface area contributed by atoms with Gasteiger partial charge < -0.3 is 15.9 Å². The zero-order valence-corrected chi connectivity index (χ0v) is 9.20. The molecule has 15 heavy (non-hydrogen) atoms. The average molecular weight is 230 g/mol. The van der Waals surface area contributed by atoms with E-state index in [4.69, 9.17) is 10.8 Å². The largest absolute Gasteiger partial charge is 0.508 e. The Kier molecular flexibility index (Phi) is 3.83. The van der Waals surface area contributed by atoms with Crippen LogP contribution in [0.1, 0.15) is 30.9 Å². The second kappa shape index (κ2) is 4.73. The minimum atomic E-state index is -0.108. The molecule has 1 aliphatic carbocycles. The van der Waals surface area contributed by atoms with Gasteiger partial charge in [0.15, 0.2) is 0 Å². The van der Waals surface area contributed by atoms with Gasteiger partial charge in [-0.25, -0.2) is 0 Å². The average Bonchev–Trinajstić information content (AvgIpc) is 2.87. The second-order valence-electron chi connectivity index (χ2n) is 4.03. The summed E-state index contributed by atoms with van der Waals surface area (Å²) in [5.74, 6) is 0.904. The highest BCUT2D eigenvalue weighted by Crippen LogP contribution is 2.38. The van der Waals surface area contributed by atoms with E-state index in [1.165, 1.54) is 18.9 Å². The maximum absolute atomic E-state index is 9.56. The van der Waals surface area contributed by atoms with Crippen LogP contribution in [0.3, 0.4) is 0 Å². The maximum atomic E-state index is 9.56. The molecule has 0 radical (unpaired) electrons. The van der Waals surface area contributed by atoms with Crippen molar-refractivity contribution in [3.8, 4) is 11.5 Å². The molecular formula is C11H16ClNO2. The molecule has 1 fully saturated rings. The van der Waals surface area contributed by atoms with Crippen LogP contribution in [0.15, 0.2) is 18.2 Å². The van der Waals surface area contributed by atoms with Gasteiger partial charge in [0.05, 0.1) is 0 Å². The predicted molar refractivity (Wildman–Crippen MR) is 61.3 cm³/mol. The summed E-state index contributed by atoms with van der Waals surface area (Å²) in [6.45, 7) is 0. The summed E-state index contributed by atoms with van der Waals surface area (Å²) < 4.78 is 0. The lowest BCUT2D eigenvalue weighted by atomic mass is 10.0. The molecule has 1 aromatic carbocycles. The molecule has 0 amide bonds. The van der Waals surface area contributed by atoms with Crippen molar-refractivity contribution in [1.82, 2.24) is 0 Å². The van der Waals surface area contributed by atoms with Gasteiger partial charge in [-0.05, 0) is 18.4 Å². The van der Waals surface area contributed by atoms with E-state index < -0.39 is 0 Å². The Labute approximate surface area is 95.3 Å². The molecule has 4 N–H and O–H groups in total. The predicted octanol–water partition coefficient (Wildman–Crippen LogP) is 2.32. The fourth-order valence-corrected chi connectivity index (χ4v) is 1.69. The summed E-state index contributed by atoms with van der Waals surface area (Å²) in [4.78, 5) is 0. The van der Waals surface area contributed by atoms with E-state index in [1.807, 2.05) is 0 Å². The normalized spacial score (nSPS) is 16.9. The van der Waals surface area contributed by atoms with Gasteiger partial charge in [0.2, 0.25) is 0 Å². The van der Waals surface area contributed by atoms with E-state index in [9.17, 15) is 5.11 Å². The van der Waals surface area contributed by atoms with Crippen molar-refractivity contribution in [3.63, 3.8) is 0 Å². The van der Waals surface area contributed by atoms with E-state index in [-0.39, 0.29) is 29.9 Å². The molecule has 0 aromatic heterocycles. The number of phenols is 2. The molecule has 0 unspecified atom stereocenters. The lowest BCUT2D eigenvalue weighted by molar-refractivity contribution is 0.438. The highest BCUT2D eigenvalue weighted by Gasteiger charge is 2.25. The molecule has 0 heterocycles. The summed E-state index contributed by atoms with van der Waals surface area (Å²) in [5.41, 5.74) is 6.68. The van der Waals surface area contributed by atoms with Gasteiger partial charge in [-0.3, -0.25) is 0 Å². The molecule has 1 atom stereocenters. The SMILES string of the molecule is Cl.N[C@@H](CC1CC1)c1ccc(O)cc1O. The topological polar surface area (TPSA) is 66.5 Å². The Bertz CT molecular complexity index is 339. The van der Waals surface area contributed by atoms with E-state index >= 15 is 0 Å². The number of benzene rings is 1. The number of nitrogens with two attached hydrogens (primary N) is 1. The molecular weight excluding hydrogens is 214 g/mol. The first-order valence-electron chi connectivity index (χ1n) is 4.94. The van der Waals surface area contributed by atoms with Crippen LogP contribution in [-0.2, 0) is 0 Å². The number of halogens is 1. The quantitative estimate of drug-likeness (QED) is 0.745. The molecule has 1 aromatic rings. The second-order valence-corrected chi connectivity index (χ2v) is 4.03. The van der Waals surface area contributed by atoms with Gasteiger partial charge in [-0.2, -0.15) is 0 Å². The smallest absolute Gasteiger partial charge is 0.124 e. The third-order valence-electron chi connectivity index (χ3n) is 2.70. The molecule has 0 saturated heterocycles. The maximum Gasteiger partial charge on any atom is 0.124 e. The van der Waals surface area contributed by atoms with Crippen molar-refractivity contribution in [2.45, 2.75) is 25.3 Å². The lowest BCUT2D eigenvalue weighted by Gasteiger charge is -2.13. The van der Waals surface area contributed by atoms with Crippen LogP contribution in [0.25, 0.3) is 0 Å². The number of hydrogen-bond donors (Lipinski definition) is 3. The van der Waals surface area contributed by atoms with Crippen LogP contribution in [0.4, 0.5) is 0 Å². The first-order chi connectivity index (χ1) is 6.66. The van der Waals surface area contributed by atoms with Crippen molar-refractivity contribution in [2.75, 3.05) is 0 Å². The molecule has 1 aliphatic rings. The molecule has 1 saturated carbocycles. The van der Waals surface area contributed by atoms with Crippen molar-refractivity contribution in [1.29, 1.82) is 0 Å². The van der Waals surface area contributed by atoms with Crippen LogP contribution >= 0.6 is 12.4 Å². The van der Waals surface area contributed by atoms with Crippen LogP contribution in [-0.4, -0.2) is 10.2 Å². The van der Waals surface area contributed by atoms with Crippen LogP contribution in [0.5, 0.6) is 11.5 Å².